The first-order valence-electron chi connectivity index (χ1n) is 10.2. The molecular formula is C19H28ClN5O2. The fourth-order valence-electron chi connectivity index (χ4n) is 5.31. The Morgan fingerprint density at radius 3 is 2.33 bits per heavy atom. The number of nitriles is 1. The van der Waals surface area contributed by atoms with Crippen LogP contribution in [0.5, 0.6) is 0 Å². The van der Waals surface area contributed by atoms with E-state index in [1.807, 2.05) is 9.80 Å². The van der Waals surface area contributed by atoms with E-state index in [4.69, 9.17) is 17.0 Å². The number of likely N-dealkylation sites (tertiary alicyclic amines) is 3. The van der Waals surface area contributed by atoms with Crippen LogP contribution in [0.1, 0.15) is 38.5 Å². The number of nitrogens with zero attached hydrogens (tertiary/aromatic N) is 5. The molecule has 0 aromatic rings. The molecule has 3 aliphatic heterocycles. The van der Waals surface area contributed by atoms with Crippen LogP contribution >= 0.6 is 11.8 Å². The molecule has 27 heavy (non-hydrogen) atoms. The predicted octanol–water partition coefficient (Wildman–Crippen LogP) is 1.88. The average Bonchev–Trinajstić information content (AvgIpc) is 3.43. The Balaban J connectivity index is 1.26. The zero-order chi connectivity index (χ0) is 19.0. The summed E-state index contributed by atoms with van der Waals surface area (Å²) in [6.07, 6.45) is 5.76. The van der Waals surface area contributed by atoms with Gasteiger partial charge in [0.05, 0.1) is 12.6 Å². The summed E-state index contributed by atoms with van der Waals surface area (Å²) in [6.45, 7) is 4.25. The fourth-order valence-corrected chi connectivity index (χ4v) is 5.57. The monoisotopic (exact) mass is 393 g/mol. The topological polar surface area (TPSA) is 70.9 Å². The van der Waals surface area contributed by atoms with Crippen LogP contribution < -0.4 is 0 Å². The van der Waals surface area contributed by atoms with Crippen LogP contribution in [0.2, 0.25) is 0 Å². The molecule has 4 fully saturated rings. The number of carbonyl (C=O) groups excluding carboxylic acids is 2. The Kier molecular flexibility index (Phi) is 5.47. The van der Waals surface area contributed by atoms with Crippen LogP contribution in [-0.2, 0) is 4.79 Å². The molecule has 0 aromatic heterocycles. The standard InChI is InChI=1S/C19H28ClN5O2/c20-25(13-18(26)24-7-3-4-16(24)10-21)17-8-14-11-23(12-15(14)9-17)19(27)22-5-1-2-6-22/h14-17H,1-9,11-13H2/t14-,15+,16?,17?. The maximum absolute atomic E-state index is 12.6. The van der Waals surface area contributed by atoms with Crippen LogP contribution in [0.25, 0.3) is 0 Å². The summed E-state index contributed by atoms with van der Waals surface area (Å²) in [5.74, 6) is 0.921. The van der Waals surface area contributed by atoms with Gasteiger partial charge in [-0.05, 0) is 62.1 Å². The van der Waals surface area contributed by atoms with E-state index in [-0.39, 0.29) is 30.6 Å². The van der Waals surface area contributed by atoms with Crippen LogP contribution in [0.4, 0.5) is 4.79 Å². The summed E-state index contributed by atoms with van der Waals surface area (Å²) >= 11 is 6.48. The summed E-state index contributed by atoms with van der Waals surface area (Å²) in [5.41, 5.74) is 0. The lowest BCUT2D eigenvalue weighted by molar-refractivity contribution is -0.131. The van der Waals surface area contributed by atoms with Gasteiger partial charge in [-0.2, -0.15) is 5.26 Å². The van der Waals surface area contributed by atoms with E-state index in [0.717, 1.165) is 64.7 Å². The van der Waals surface area contributed by atoms with E-state index < -0.39 is 0 Å². The first-order chi connectivity index (χ1) is 13.1. The molecule has 2 unspecified atom stereocenters. The van der Waals surface area contributed by atoms with Crippen molar-refractivity contribution in [2.45, 2.75) is 50.6 Å². The Labute approximate surface area is 165 Å². The van der Waals surface area contributed by atoms with E-state index in [1.165, 1.54) is 0 Å². The second-order valence-electron chi connectivity index (χ2n) is 8.46. The normalized spacial score (nSPS) is 33.0. The molecule has 0 N–H and O–H groups in total. The number of hydrogen-bond acceptors (Lipinski definition) is 4. The Bertz CT molecular complexity index is 618. The average molecular weight is 394 g/mol. The second kappa shape index (κ2) is 7.84. The lowest BCUT2D eigenvalue weighted by Gasteiger charge is -2.28. The Hall–Kier alpha value is -1.52. The maximum atomic E-state index is 12.6. The van der Waals surface area contributed by atoms with Gasteiger partial charge in [0.2, 0.25) is 5.91 Å². The highest BCUT2D eigenvalue weighted by atomic mass is 35.5. The third-order valence-electron chi connectivity index (χ3n) is 6.78. The number of urea groups is 1. The largest absolute Gasteiger partial charge is 0.326 e. The van der Waals surface area contributed by atoms with E-state index in [2.05, 4.69) is 6.07 Å². The van der Waals surface area contributed by atoms with Crippen molar-refractivity contribution in [1.82, 2.24) is 19.1 Å². The second-order valence-corrected chi connectivity index (χ2v) is 8.89. The number of carbonyl (C=O) groups is 2. The quantitative estimate of drug-likeness (QED) is 0.686. The summed E-state index contributed by atoms with van der Waals surface area (Å²) in [4.78, 5) is 30.8. The van der Waals surface area contributed by atoms with Crippen LogP contribution in [0, 0.1) is 23.2 Å². The van der Waals surface area contributed by atoms with Gasteiger partial charge in [-0.3, -0.25) is 4.79 Å². The highest BCUT2D eigenvalue weighted by Crippen LogP contribution is 2.41. The van der Waals surface area contributed by atoms with Crippen molar-refractivity contribution >= 4 is 23.7 Å². The Morgan fingerprint density at radius 2 is 1.70 bits per heavy atom. The molecule has 4 rings (SSSR count). The molecule has 3 amide bonds. The van der Waals surface area contributed by atoms with E-state index in [1.54, 1.807) is 9.32 Å². The molecule has 1 aliphatic carbocycles. The summed E-state index contributed by atoms with van der Waals surface area (Å²) < 4.78 is 1.65. The van der Waals surface area contributed by atoms with Gasteiger partial charge < -0.3 is 14.7 Å². The molecule has 148 valence electrons. The highest BCUT2D eigenvalue weighted by Gasteiger charge is 2.45. The number of halogens is 1. The third kappa shape index (κ3) is 3.74. The SMILES string of the molecule is N#CC1CCCN1C(=O)CN(Cl)C1C[C@@H]2CN(C(=O)N3CCCC3)C[C@@H]2C1. The number of hydrogen-bond donors (Lipinski definition) is 0. The molecule has 1 saturated carbocycles. The van der Waals surface area contributed by atoms with Gasteiger partial charge in [0.15, 0.2) is 0 Å². The molecule has 0 aromatic carbocycles. The van der Waals surface area contributed by atoms with Crippen molar-refractivity contribution in [3.8, 4) is 6.07 Å². The molecule has 0 bridgehead atoms. The number of fused-ring (bicyclic) bond motifs is 1. The minimum absolute atomic E-state index is 0.0445. The van der Waals surface area contributed by atoms with Gasteiger partial charge >= 0.3 is 6.03 Å². The summed E-state index contributed by atoms with van der Waals surface area (Å²) in [6, 6.07) is 2.30. The van der Waals surface area contributed by atoms with Crippen LogP contribution in [0.3, 0.4) is 0 Å². The lowest BCUT2D eigenvalue weighted by atomic mass is 10.0. The van der Waals surface area contributed by atoms with Crippen molar-refractivity contribution in [1.29, 1.82) is 5.26 Å². The van der Waals surface area contributed by atoms with Gasteiger partial charge in [0.1, 0.15) is 6.04 Å². The zero-order valence-electron chi connectivity index (χ0n) is 15.7. The maximum Gasteiger partial charge on any atom is 0.320 e. The minimum atomic E-state index is -0.296. The van der Waals surface area contributed by atoms with Gasteiger partial charge in [-0.1, -0.05) is 0 Å². The molecular weight excluding hydrogens is 366 g/mol. The molecule has 8 heteroatoms. The van der Waals surface area contributed by atoms with E-state index in [0.29, 0.717) is 18.4 Å². The molecule has 4 aliphatic rings. The van der Waals surface area contributed by atoms with Crippen LogP contribution in [0.15, 0.2) is 0 Å². The smallest absolute Gasteiger partial charge is 0.320 e. The third-order valence-corrected chi connectivity index (χ3v) is 7.17. The first kappa shape index (κ1) is 18.8. The fraction of sp³-hybridized carbons (Fsp3) is 0.842. The molecule has 3 saturated heterocycles. The Morgan fingerprint density at radius 1 is 1.04 bits per heavy atom. The van der Waals surface area contributed by atoms with Crippen molar-refractivity contribution in [2.24, 2.45) is 11.8 Å². The van der Waals surface area contributed by atoms with Crippen molar-refractivity contribution in [3.63, 3.8) is 0 Å². The van der Waals surface area contributed by atoms with Gasteiger partial charge in [-0.25, -0.2) is 9.21 Å². The van der Waals surface area contributed by atoms with Crippen molar-refractivity contribution < 1.29 is 9.59 Å². The first-order valence-corrected chi connectivity index (χ1v) is 10.6. The molecule has 0 spiro atoms. The summed E-state index contributed by atoms with van der Waals surface area (Å²) in [7, 11) is 0. The van der Waals surface area contributed by atoms with Crippen LogP contribution in [-0.4, -0.2) is 82.4 Å². The minimum Gasteiger partial charge on any atom is -0.326 e. The van der Waals surface area contributed by atoms with Crippen molar-refractivity contribution in [3.05, 3.63) is 0 Å². The number of amides is 3. The zero-order valence-corrected chi connectivity index (χ0v) is 16.5. The molecule has 4 atom stereocenters. The highest BCUT2D eigenvalue weighted by molar-refractivity contribution is 6.14. The lowest BCUT2D eigenvalue weighted by Crippen LogP contribution is -2.43. The van der Waals surface area contributed by atoms with E-state index in [9.17, 15) is 9.59 Å². The molecule has 3 heterocycles. The predicted molar refractivity (Wildman–Crippen MR) is 101 cm³/mol. The van der Waals surface area contributed by atoms with Crippen molar-refractivity contribution in [2.75, 3.05) is 39.3 Å². The molecule has 0 radical (unpaired) electrons. The van der Waals surface area contributed by atoms with E-state index >= 15 is 0 Å². The number of rotatable bonds is 3. The summed E-state index contributed by atoms with van der Waals surface area (Å²) in [5, 5.41) is 9.16. The van der Waals surface area contributed by atoms with Gasteiger partial charge in [0.25, 0.3) is 0 Å². The van der Waals surface area contributed by atoms with Gasteiger partial charge in [0, 0.05) is 38.8 Å². The van der Waals surface area contributed by atoms with Gasteiger partial charge in [-0.15, -0.1) is 0 Å². The molecule has 7 nitrogen and oxygen atoms in total.